The van der Waals surface area contributed by atoms with E-state index in [9.17, 15) is 13.2 Å². The summed E-state index contributed by atoms with van der Waals surface area (Å²) >= 11 is 0. The number of hydrogen-bond acceptors (Lipinski definition) is 4. The van der Waals surface area contributed by atoms with Crippen LogP contribution >= 0.6 is 0 Å². The van der Waals surface area contributed by atoms with Gasteiger partial charge in [0.25, 0.3) is 15.9 Å². The first-order valence-corrected chi connectivity index (χ1v) is 7.93. The molecule has 0 aromatic heterocycles. The van der Waals surface area contributed by atoms with Crippen LogP contribution in [-0.4, -0.2) is 21.4 Å². The molecule has 0 saturated carbocycles. The third kappa shape index (κ3) is 4.20. The Bertz CT molecular complexity index is 766. The minimum absolute atomic E-state index is 0.0428. The van der Waals surface area contributed by atoms with Gasteiger partial charge in [0.1, 0.15) is 5.75 Å². The lowest BCUT2D eigenvalue weighted by Crippen LogP contribution is -2.28. The molecule has 0 unspecified atom stereocenters. The van der Waals surface area contributed by atoms with Crippen LogP contribution in [0.15, 0.2) is 65.6 Å². The van der Waals surface area contributed by atoms with Crippen molar-refractivity contribution < 1.29 is 17.9 Å². The molecule has 0 aliphatic carbocycles. The number of carbonyl (C=O) groups is 1. The Kier molecular flexibility index (Phi) is 4.95. The molecule has 2 aromatic carbocycles. The fourth-order valence-corrected chi connectivity index (χ4v) is 2.68. The summed E-state index contributed by atoms with van der Waals surface area (Å²) in [4.78, 5) is 11.8. The summed E-state index contributed by atoms with van der Waals surface area (Å²) in [6, 6.07) is 14.7. The monoisotopic (exact) mass is 317 g/mol. The largest absolute Gasteiger partial charge is 0.497 e. The van der Waals surface area contributed by atoms with Crippen LogP contribution in [0.2, 0.25) is 0 Å². The van der Waals surface area contributed by atoms with Gasteiger partial charge in [0.05, 0.1) is 12.0 Å². The fourth-order valence-electron chi connectivity index (χ4n) is 1.71. The van der Waals surface area contributed by atoms with Gasteiger partial charge >= 0.3 is 0 Å². The maximum absolute atomic E-state index is 12.0. The second kappa shape index (κ2) is 6.91. The van der Waals surface area contributed by atoms with Gasteiger partial charge in [-0.1, -0.05) is 30.3 Å². The van der Waals surface area contributed by atoms with Crippen molar-refractivity contribution in [2.24, 2.45) is 0 Å². The SMILES string of the molecule is COc1ccc(/C=C/C(=O)NS(=O)(=O)c2ccccc2)cc1. The van der Waals surface area contributed by atoms with Gasteiger partial charge in [-0.05, 0) is 35.9 Å². The molecule has 22 heavy (non-hydrogen) atoms. The second-order valence-electron chi connectivity index (χ2n) is 4.39. The van der Waals surface area contributed by atoms with Gasteiger partial charge in [-0.3, -0.25) is 4.79 Å². The molecule has 1 N–H and O–H groups in total. The minimum Gasteiger partial charge on any atom is -0.497 e. The van der Waals surface area contributed by atoms with E-state index in [1.807, 2.05) is 4.72 Å². The Morgan fingerprint density at radius 3 is 2.27 bits per heavy atom. The quantitative estimate of drug-likeness (QED) is 0.858. The normalized spacial score (nSPS) is 11.3. The maximum Gasteiger partial charge on any atom is 0.264 e. The third-order valence-corrected chi connectivity index (χ3v) is 4.19. The van der Waals surface area contributed by atoms with Crippen LogP contribution < -0.4 is 9.46 Å². The van der Waals surface area contributed by atoms with E-state index in [1.54, 1.807) is 49.6 Å². The molecule has 0 radical (unpaired) electrons. The van der Waals surface area contributed by atoms with E-state index >= 15 is 0 Å². The minimum atomic E-state index is -3.85. The average Bonchev–Trinajstić information content (AvgIpc) is 2.54. The van der Waals surface area contributed by atoms with Crippen LogP contribution in [0.4, 0.5) is 0 Å². The van der Waals surface area contributed by atoms with Crippen LogP contribution in [0.25, 0.3) is 6.08 Å². The molecular formula is C16H15NO4S. The summed E-state index contributed by atoms with van der Waals surface area (Å²) in [5.41, 5.74) is 0.757. The van der Waals surface area contributed by atoms with Gasteiger partial charge in [0, 0.05) is 6.08 Å². The molecule has 5 nitrogen and oxygen atoms in total. The van der Waals surface area contributed by atoms with E-state index in [0.29, 0.717) is 5.75 Å². The predicted molar refractivity (Wildman–Crippen MR) is 83.8 cm³/mol. The Labute approximate surface area is 129 Å². The van der Waals surface area contributed by atoms with Gasteiger partial charge < -0.3 is 4.74 Å². The number of carbonyl (C=O) groups excluding carboxylic acids is 1. The number of nitrogens with one attached hydrogen (secondary N) is 1. The average molecular weight is 317 g/mol. The number of amides is 1. The van der Waals surface area contributed by atoms with Crippen molar-refractivity contribution in [3.8, 4) is 5.75 Å². The molecule has 1 amide bonds. The van der Waals surface area contributed by atoms with E-state index in [2.05, 4.69) is 0 Å². The molecular weight excluding hydrogens is 302 g/mol. The van der Waals surface area contributed by atoms with Gasteiger partial charge in [-0.15, -0.1) is 0 Å². The molecule has 2 rings (SSSR count). The standard InChI is InChI=1S/C16H15NO4S/c1-21-14-10-7-13(8-11-14)9-12-16(18)17-22(19,20)15-5-3-2-4-6-15/h2-12H,1H3,(H,17,18)/b12-9+. The smallest absolute Gasteiger partial charge is 0.264 e. The van der Waals surface area contributed by atoms with Crippen LogP contribution in [0, 0.1) is 0 Å². The van der Waals surface area contributed by atoms with Crippen molar-refractivity contribution in [1.29, 1.82) is 0 Å². The molecule has 0 bridgehead atoms. The second-order valence-corrected chi connectivity index (χ2v) is 6.07. The topological polar surface area (TPSA) is 72.5 Å². The summed E-state index contributed by atoms with van der Waals surface area (Å²) < 4.78 is 30.9. The molecule has 0 fully saturated rings. The molecule has 0 heterocycles. The Morgan fingerprint density at radius 2 is 1.68 bits per heavy atom. The van der Waals surface area contributed by atoms with E-state index in [-0.39, 0.29) is 4.90 Å². The first-order valence-electron chi connectivity index (χ1n) is 6.45. The molecule has 0 atom stereocenters. The lowest BCUT2D eigenvalue weighted by molar-refractivity contribution is -0.114. The summed E-state index contributed by atoms with van der Waals surface area (Å²) in [6.45, 7) is 0. The van der Waals surface area contributed by atoms with Crippen molar-refractivity contribution in [2.45, 2.75) is 4.90 Å². The predicted octanol–water partition coefficient (Wildman–Crippen LogP) is 2.21. The van der Waals surface area contributed by atoms with Gasteiger partial charge in [0.2, 0.25) is 0 Å². The summed E-state index contributed by atoms with van der Waals surface area (Å²) in [6.07, 6.45) is 2.69. The van der Waals surface area contributed by atoms with Crippen molar-refractivity contribution >= 4 is 22.0 Å². The van der Waals surface area contributed by atoms with Crippen LogP contribution in [-0.2, 0) is 14.8 Å². The highest BCUT2D eigenvalue weighted by Gasteiger charge is 2.15. The van der Waals surface area contributed by atoms with Gasteiger partial charge in [0.15, 0.2) is 0 Å². The number of methoxy groups -OCH3 is 1. The van der Waals surface area contributed by atoms with Gasteiger partial charge in [-0.2, -0.15) is 0 Å². The zero-order chi connectivity index (χ0) is 16.0. The lowest BCUT2D eigenvalue weighted by Gasteiger charge is -2.04. The zero-order valence-electron chi connectivity index (χ0n) is 11.9. The lowest BCUT2D eigenvalue weighted by atomic mass is 10.2. The third-order valence-electron chi connectivity index (χ3n) is 2.83. The fraction of sp³-hybridized carbons (Fsp3) is 0.0625. The summed E-state index contributed by atoms with van der Waals surface area (Å²) in [7, 11) is -2.28. The van der Waals surface area contributed by atoms with E-state index in [1.165, 1.54) is 24.3 Å². The first kappa shape index (κ1) is 15.8. The Balaban J connectivity index is 2.04. The molecule has 6 heteroatoms. The molecule has 0 aliphatic heterocycles. The molecule has 0 spiro atoms. The van der Waals surface area contributed by atoms with Crippen LogP contribution in [0.1, 0.15) is 5.56 Å². The maximum atomic E-state index is 12.0. The van der Waals surface area contributed by atoms with E-state index in [4.69, 9.17) is 4.74 Å². The number of rotatable bonds is 5. The highest BCUT2D eigenvalue weighted by molar-refractivity contribution is 7.90. The molecule has 0 saturated heterocycles. The molecule has 2 aromatic rings. The highest BCUT2D eigenvalue weighted by Crippen LogP contribution is 2.12. The molecule has 0 aliphatic rings. The van der Waals surface area contributed by atoms with Crippen molar-refractivity contribution in [3.05, 3.63) is 66.2 Å². The van der Waals surface area contributed by atoms with E-state index in [0.717, 1.165) is 5.56 Å². The van der Waals surface area contributed by atoms with Crippen LogP contribution in [0.5, 0.6) is 5.75 Å². The number of ether oxygens (including phenoxy) is 1. The number of hydrogen-bond donors (Lipinski definition) is 1. The molecule has 114 valence electrons. The summed E-state index contributed by atoms with van der Waals surface area (Å²) in [5, 5.41) is 0. The number of benzene rings is 2. The van der Waals surface area contributed by atoms with Crippen LogP contribution in [0.3, 0.4) is 0 Å². The van der Waals surface area contributed by atoms with E-state index < -0.39 is 15.9 Å². The summed E-state index contributed by atoms with van der Waals surface area (Å²) in [5.74, 6) is -0.00655. The number of sulfonamides is 1. The first-order chi connectivity index (χ1) is 10.5. The van der Waals surface area contributed by atoms with Crippen molar-refractivity contribution in [2.75, 3.05) is 7.11 Å². The highest BCUT2D eigenvalue weighted by atomic mass is 32.2. The Morgan fingerprint density at radius 1 is 1.05 bits per heavy atom. The Hall–Kier alpha value is -2.60. The van der Waals surface area contributed by atoms with Crippen molar-refractivity contribution in [3.63, 3.8) is 0 Å². The van der Waals surface area contributed by atoms with Crippen molar-refractivity contribution in [1.82, 2.24) is 4.72 Å². The zero-order valence-corrected chi connectivity index (χ0v) is 12.7. The van der Waals surface area contributed by atoms with Gasteiger partial charge in [-0.25, -0.2) is 13.1 Å².